The Morgan fingerprint density at radius 1 is 1.30 bits per heavy atom. The number of aromatic nitrogens is 2. The van der Waals surface area contributed by atoms with Crippen LogP contribution in [0, 0.1) is 0 Å². The van der Waals surface area contributed by atoms with Crippen molar-refractivity contribution in [1.29, 1.82) is 0 Å². The number of benzene rings is 2. The summed E-state index contributed by atoms with van der Waals surface area (Å²) in [4.78, 5) is 6.67. The van der Waals surface area contributed by atoms with E-state index in [9.17, 15) is 8.42 Å². The molecule has 2 aromatic carbocycles. The van der Waals surface area contributed by atoms with Crippen LogP contribution in [0.5, 0.6) is 0 Å². The van der Waals surface area contributed by atoms with E-state index in [0.717, 1.165) is 11.3 Å². The van der Waals surface area contributed by atoms with E-state index < -0.39 is 10.0 Å². The maximum Gasteiger partial charge on any atom is 0.246 e. The molecule has 1 aliphatic rings. The molecule has 3 aromatic rings. The number of hydrogen-bond donors (Lipinski definition) is 1. The van der Waals surface area contributed by atoms with Crippen LogP contribution in [0.25, 0.3) is 11.4 Å². The zero-order valence-electron chi connectivity index (χ0n) is 14.5. The maximum absolute atomic E-state index is 11.6. The first-order valence-electron chi connectivity index (χ1n) is 8.33. The smallest absolute Gasteiger partial charge is 0.246 e. The Labute approximate surface area is 161 Å². The molecule has 7 nitrogen and oxygen atoms in total. The van der Waals surface area contributed by atoms with Crippen LogP contribution in [-0.4, -0.2) is 24.6 Å². The second kappa shape index (κ2) is 6.63. The lowest BCUT2D eigenvalue weighted by Crippen LogP contribution is -2.28. The molecule has 0 fully saturated rings. The number of fused-ring (bicyclic) bond motifs is 1. The summed E-state index contributed by atoms with van der Waals surface area (Å²) in [7, 11) is -3.72. The molecule has 0 saturated carbocycles. The number of hydrogen-bond acceptors (Lipinski definition) is 6. The Kier molecular flexibility index (Phi) is 4.41. The predicted octanol–water partition coefficient (Wildman–Crippen LogP) is 2.99. The summed E-state index contributed by atoms with van der Waals surface area (Å²) < 4.78 is 28.5. The summed E-state index contributed by atoms with van der Waals surface area (Å²) >= 11 is 6.19. The lowest BCUT2D eigenvalue weighted by Gasteiger charge is -2.22. The van der Waals surface area contributed by atoms with Crippen LogP contribution in [-0.2, 0) is 23.0 Å². The van der Waals surface area contributed by atoms with Crippen molar-refractivity contribution in [1.82, 2.24) is 10.1 Å². The first kappa shape index (κ1) is 18.0. The Bertz CT molecular complexity index is 1110. The Morgan fingerprint density at radius 2 is 2.07 bits per heavy atom. The van der Waals surface area contributed by atoms with E-state index in [1.807, 2.05) is 18.2 Å². The van der Waals surface area contributed by atoms with E-state index in [1.165, 1.54) is 6.07 Å². The molecule has 1 atom stereocenters. The van der Waals surface area contributed by atoms with Crippen molar-refractivity contribution >= 4 is 27.3 Å². The Balaban J connectivity index is 1.61. The topological polar surface area (TPSA) is 102 Å². The summed E-state index contributed by atoms with van der Waals surface area (Å²) in [6, 6.07) is 12.4. The number of nitrogens with zero attached hydrogens (tertiary/aromatic N) is 3. The van der Waals surface area contributed by atoms with Crippen molar-refractivity contribution in [3.63, 3.8) is 0 Å². The summed E-state index contributed by atoms with van der Waals surface area (Å²) in [6.45, 7) is 2.47. The highest BCUT2D eigenvalue weighted by Gasteiger charge is 2.29. The zero-order chi connectivity index (χ0) is 19.2. The van der Waals surface area contributed by atoms with E-state index in [-0.39, 0.29) is 10.9 Å². The maximum atomic E-state index is 11.6. The zero-order valence-corrected chi connectivity index (χ0v) is 16.0. The normalized spacial score (nSPS) is 16.6. The Morgan fingerprint density at radius 3 is 2.81 bits per heavy atom. The summed E-state index contributed by atoms with van der Waals surface area (Å²) in [5.74, 6) is 0.896. The number of halogens is 1. The first-order chi connectivity index (χ1) is 12.8. The highest BCUT2D eigenvalue weighted by Crippen LogP contribution is 2.35. The standard InChI is InChI=1S/C18H17ClN4O3S/c1-11-8-12-9-13(27(20,24)25)6-7-16(12)23(11)10-17-21-18(22-26-17)14-4-2-3-5-15(14)19/h2-7,9,11H,8,10H2,1H3,(H2,20,24,25)/t11-/m1/s1. The van der Waals surface area contributed by atoms with Gasteiger partial charge in [0.05, 0.1) is 16.5 Å². The van der Waals surface area contributed by atoms with E-state index in [0.29, 0.717) is 35.3 Å². The molecule has 1 aromatic heterocycles. The van der Waals surface area contributed by atoms with Crippen LogP contribution in [0.1, 0.15) is 18.4 Å². The van der Waals surface area contributed by atoms with Crippen LogP contribution >= 0.6 is 11.6 Å². The van der Waals surface area contributed by atoms with Crippen LogP contribution in [0.15, 0.2) is 51.9 Å². The van der Waals surface area contributed by atoms with Gasteiger partial charge in [0.1, 0.15) is 0 Å². The van der Waals surface area contributed by atoms with E-state index in [2.05, 4.69) is 22.0 Å². The van der Waals surface area contributed by atoms with E-state index in [1.54, 1.807) is 18.2 Å². The van der Waals surface area contributed by atoms with Crippen molar-refractivity contribution in [3.05, 3.63) is 58.9 Å². The van der Waals surface area contributed by atoms with Crippen LogP contribution in [0.4, 0.5) is 5.69 Å². The second-order valence-electron chi connectivity index (χ2n) is 6.51. The van der Waals surface area contributed by atoms with Gasteiger partial charge >= 0.3 is 0 Å². The van der Waals surface area contributed by atoms with Gasteiger partial charge in [-0.1, -0.05) is 28.9 Å². The number of anilines is 1. The average molecular weight is 405 g/mol. The molecular formula is C18H17ClN4O3S. The lowest BCUT2D eigenvalue weighted by molar-refractivity contribution is 0.374. The number of sulfonamides is 1. The minimum Gasteiger partial charge on any atom is -0.359 e. The SMILES string of the molecule is C[C@@H]1Cc2cc(S(N)(=O)=O)ccc2N1Cc1nc(-c2ccccc2Cl)no1. The molecule has 0 bridgehead atoms. The van der Waals surface area contributed by atoms with Crippen LogP contribution in [0.2, 0.25) is 5.02 Å². The molecule has 4 rings (SSSR count). The van der Waals surface area contributed by atoms with E-state index in [4.69, 9.17) is 21.3 Å². The summed E-state index contributed by atoms with van der Waals surface area (Å²) in [6.07, 6.45) is 0.713. The molecule has 0 radical (unpaired) electrons. The fourth-order valence-corrected chi connectivity index (χ4v) is 4.09. The lowest BCUT2D eigenvalue weighted by atomic mass is 10.1. The third-order valence-corrected chi connectivity index (χ3v) is 5.87. The van der Waals surface area contributed by atoms with Crippen molar-refractivity contribution in [2.75, 3.05) is 4.90 Å². The van der Waals surface area contributed by atoms with Gasteiger partial charge < -0.3 is 9.42 Å². The molecule has 2 heterocycles. The van der Waals surface area contributed by atoms with Crippen molar-refractivity contribution in [2.24, 2.45) is 5.14 Å². The molecule has 1 aliphatic heterocycles. The molecule has 0 aliphatic carbocycles. The molecular weight excluding hydrogens is 388 g/mol. The number of rotatable bonds is 4. The molecule has 0 amide bonds. The van der Waals surface area contributed by atoms with Gasteiger partial charge in [-0.05, 0) is 49.2 Å². The van der Waals surface area contributed by atoms with Gasteiger partial charge in [0.25, 0.3) is 0 Å². The molecule has 2 N–H and O–H groups in total. The van der Waals surface area contributed by atoms with Gasteiger partial charge in [-0.2, -0.15) is 4.98 Å². The minimum atomic E-state index is -3.72. The van der Waals surface area contributed by atoms with Gasteiger partial charge in [0.2, 0.25) is 21.7 Å². The fraction of sp³-hybridized carbons (Fsp3) is 0.222. The quantitative estimate of drug-likeness (QED) is 0.717. The second-order valence-corrected chi connectivity index (χ2v) is 8.48. The first-order valence-corrected chi connectivity index (χ1v) is 10.3. The van der Waals surface area contributed by atoms with Gasteiger partial charge in [-0.3, -0.25) is 0 Å². The largest absolute Gasteiger partial charge is 0.359 e. The molecule has 9 heteroatoms. The van der Waals surface area contributed by atoms with Gasteiger partial charge in [0.15, 0.2) is 0 Å². The third-order valence-electron chi connectivity index (χ3n) is 4.62. The molecule has 0 spiro atoms. The number of nitrogens with two attached hydrogens (primary N) is 1. The monoisotopic (exact) mass is 404 g/mol. The Hall–Kier alpha value is -2.42. The fourth-order valence-electron chi connectivity index (χ4n) is 3.31. The summed E-state index contributed by atoms with van der Waals surface area (Å²) in [5, 5.41) is 9.81. The molecule has 140 valence electrons. The summed E-state index contributed by atoms with van der Waals surface area (Å²) in [5.41, 5.74) is 2.58. The molecule has 0 unspecified atom stereocenters. The average Bonchev–Trinajstić information content (AvgIpc) is 3.19. The van der Waals surface area contributed by atoms with Gasteiger partial charge in [-0.15, -0.1) is 0 Å². The third kappa shape index (κ3) is 3.43. The number of primary sulfonamides is 1. The van der Waals surface area contributed by atoms with Gasteiger partial charge in [0, 0.05) is 17.3 Å². The highest BCUT2D eigenvalue weighted by molar-refractivity contribution is 7.89. The van der Waals surface area contributed by atoms with Gasteiger partial charge in [-0.25, -0.2) is 13.6 Å². The molecule has 0 saturated heterocycles. The minimum absolute atomic E-state index is 0.120. The van der Waals surface area contributed by atoms with Crippen molar-refractivity contribution in [2.45, 2.75) is 30.8 Å². The van der Waals surface area contributed by atoms with Crippen LogP contribution < -0.4 is 10.0 Å². The van der Waals surface area contributed by atoms with Crippen molar-refractivity contribution < 1.29 is 12.9 Å². The van der Waals surface area contributed by atoms with Crippen molar-refractivity contribution in [3.8, 4) is 11.4 Å². The highest BCUT2D eigenvalue weighted by atomic mass is 35.5. The van der Waals surface area contributed by atoms with E-state index >= 15 is 0 Å². The molecule has 27 heavy (non-hydrogen) atoms. The van der Waals surface area contributed by atoms with Crippen LogP contribution in [0.3, 0.4) is 0 Å². The predicted molar refractivity (Wildman–Crippen MR) is 102 cm³/mol.